The van der Waals surface area contributed by atoms with E-state index in [9.17, 15) is 24.0 Å². The average molecular weight is 717 g/mol. The van der Waals surface area contributed by atoms with E-state index in [1.807, 2.05) is 12.2 Å². The average Bonchev–Trinajstić information content (AvgIpc) is 3.42. The van der Waals surface area contributed by atoms with Crippen molar-refractivity contribution in [2.75, 3.05) is 20.8 Å². The molecule has 1 aromatic carbocycles. The van der Waals surface area contributed by atoms with E-state index >= 15 is 0 Å². The molecule has 4 aliphatic rings. The minimum absolute atomic E-state index is 0.0376. The molecule has 0 bridgehead atoms. The number of methoxy groups -OCH3 is 2. The van der Waals surface area contributed by atoms with E-state index in [2.05, 4.69) is 20.4 Å². The number of nitrogens with zero attached hydrogens (tertiary/aromatic N) is 4. The summed E-state index contributed by atoms with van der Waals surface area (Å²) in [7, 11) is 2.77. The molecule has 15 nitrogen and oxygen atoms in total. The molecule has 2 aliphatic carbocycles. The van der Waals surface area contributed by atoms with Crippen LogP contribution >= 0.6 is 0 Å². The minimum Gasteiger partial charge on any atom is -0.497 e. The number of alkyl carbamates (subject to hydrolysis) is 1. The predicted octanol–water partition coefficient (Wildman–Crippen LogP) is 3.68. The Bertz CT molecular complexity index is 1800. The van der Waals surface area contributed by atoms with Gasteiger partial charge < -0.3 is 40.0 Å². The van der Waals surface area contributed by atoms with Crippen molar-refractivity contribution in [1.82, 2.24) is 20.5 Å². The molecule has 5 atom stereocenters. The Morgan fingerprint density at radius 1 is 1.06 bits per heavy atom. The van der Waals surface area contributed by atoms with Crippen molar-refractivity contribution < 1.29 is 47.7 Å². The standard InChI is InChI=1S/C37H44N6O9/c1-49-24-14-15-26-28(16-24)40-29(31(44)20-39-38)18-32(26)51-25-17-30-33(45)42-37(35(47)50-2)19-22(37)10-6-4-3-5-7-13-27(34(46)43(30)21-25)41-36(48)52-23-11-8-9-12-23/h6,10,14-16,18,20,22-23,25,27,30H,3-5,7-9,11-13,17,19,21H2,1-2H3,(H,41,48)(H,42,45)/t22?,25-,27+,30+,37-/m1/s1. The van der Waals surface area contributed by atoms with Crippen LogP contribution in [0.3, 0.4) is 0 Å². The molecule has 1 aromatic heterocycles. The molecule has 1 saturated heterocycles. The first kappa shape index (κ1) is 36.5. The topological polar surface area (TPSA) is 199 Å². The van der Waals surface area contributed by atoms with Crippen molar-refractivity contribution >= 4 is 46.8 Å². The molecule has 6 rings (SSSR count). The lowest BCUT2D eigenvalue weighted by atomic mass is 10.0. The van der Waals surface area contributed by atoms with Crippen LogP contribution in [0.25, 0.3) is 16.4 Å². The van der Waals surface area contributed by atoms with Gasteiger partial charge in [0.25, 0.3) is 5.78 Å². The van der Waals surface area contributed by atoms with Crippen LogP contribution < -0.4 is 20.1 Å². The number of rotatable bonds is 8. The number of aromatic nitrogens is 1. The second-order valence-electron chi connectivity index (χ2n) is 13.8. The van der Waals surface area contributed by atoms with Crippen molar-refractivity contribution in [3.8, 4) is 11.5 Å². The Kier molecular flexibility index (Phi) is 11.2. The van der Waals surface area contributed by atoms with Crippen LogP contribution in [0.1, 0.15) is 81.1 Å². The Labute approximate surface area is 301 Å². The molecule has 3 fully saturated rings. The van der Waals surface area contributed by atoms with Crippen LogP contribution in [-0.4, -0.2) is 101 Å². The summed E-state index contributed by atoms with van der Waals surface area (Å²) in [6.45, 7) is -0.0390. The Balaban J connectivity index is 1.32. The monoisotopic (exact) mass is 716 g/mol. The SMILES string of the molecule is COC(=O)[C@@]12CC1C=CCCCCC[C@H](NC(=O)OC1CCCC1)C(=O)N1C[C@H](Oc3cc(C(=O)C=[N+]=[N-])nc4cc(OC)ccc34)C[C@H]1C(=O)N2. The van der Waals surface area contributed by atoms with Crippen molar-refractivity contribution in [3.05, 3.63) is 47.6 Å². The van der Waals surface area contributed by atoms with E-state index in [0.717, 1.165) is 51.2 Å². The summed E-state index contributed by atoms with van der Waals surface area (Å²) in [5.74, 6) is -1.80. The molecule has 52 heavy (non-hydrogen) atoms. The number of pyridine rings is 1. The van der Waals surface area contributed by atoms with Gasteiger partial charge in [-0.1, -0.05) is 25.0 Å². The summed E-state index contributed by atoms with van der Waals surface area (Å²) in [4.78, 5) is 76.1. The van der Waals surface area contributed by atoms with Crippen LogP contribution in [0.15, 0.2) is 36.4 Å². The minimum atomic E-state index is -1.26. The zero-order valence-corrected chi connectivity index (χ0v) is 29.4. The molecule has 0 radical (unpaired) electrons. The number of nitrogens with one attached hydrogen (secondary N) is 2. The van der Waals surface area contributed by atoms with Crippen molar-refractivity contribution in [3.63, 3.8) is 0 Å². The van der Waals surface area contributed by atoms with Crippen LogP contribution in [0.5, 0.6) is 11.5 Å². The first-order chi connectivity index (χ1) is 25.1. The summed E-state index contributed by atoms with van der Waals surface area (Å²) in [5.41, 5.74) is 8.03. The Hall–Kier alpha value is -5.30. The molecular weight excluding hydrogens is 672 g/mol. The zero-order valence-electron chi connectivity index (χ0n) is 29.4. The fourth-order valence-corrected chi connectivity index (χ4v) is 7.47. The van der Waals surface area contributed by atoms with E-state index < -0.39 is 53.4 Å². The number of carbonyl (C=O) groups excluding carboxylic acids is 5. The number of fused-ring (bicyclic) bond motifs is 3. The van der Waals surface area contributed by atoms with Crippen molar-refractivity contribution in [2.24, 2.45) is 5.92 Å². The fourth-order valence-electron chi connectivity index (χ4n) is 7.47. The molecule has 2 aromatic rings. The second kappa shape index (κ2) is 15.9. The molecule has 1 unspecified atom stereocenters. The van der Waals surface area contributed by atoms with Crippen LogP contribution in [0.2, 0.25) is 0 Å². The maximum atomic E-state index is 14.5. The number of ketones is 1. The largest absolute Gasteiger partial charge is 0.497 e. The number of amides is 3. The smallest absolute Gasteiger partial charge is 0.408 e. The Morgan fingerprint density at radius 3 is 2.60 bits per heavy atom. The van der Waals surface area contributed by atoms with E-state index in [-0.39, 0.29) is 36.4 Å². The number of Topliss-reactive ketones (excluding diaryl/α,β-unsaturated/α-hetero) is 1. The maximum absolute atomic E-state index is 14.5. The number of allylic oxidation sites excluding steroid dienone is 1. The van der Waals surface area contributed by atoms with Gasteiger partial charge in [-0.05, 0) is 63.5 Å². The van der Waals surface area contributed by atoms with Crippen molar-refractivity contribution in [2.45, 2.75) is 100 Å². The highest BCUT2D eigenvalue weighted by Crippen LogP contribution is 2.46. The molecule has 276 valence electrons. The molecule has 2 aliphatic heterocycles. The highest BCUT2D eigenvalue weighted by molar-refractivity contribution is 6.33. The number of benzene rings is 1. The van der Waals surface area contributed by atoms with Gasteiger partial charge in [-0.25, -0.2) is 14.6 Å². The highest BCUT2D eigenvalue weighted by atomic mass is 16.6. The second-order valence-corrected chi connectivity index (χ2v) is 13.8. The summed E-state index contributed by atoms with van der Waals surface area (Å²) in [6.07, 6.45) is 10.3. The Morgan fingerprint density at radius 2 is 1.85 bits per heavy atom. The molecule has 3 heterocycles. The first-order valence-electron chi connectivity index (χ1n) is 17.9. The lowest BCUT2D eigenvalue weighted by Crippen LogP contribution is -2.56. The lowest BCUT2D eigenvalue weighted by Gasteiger charge is -2.29. The van der Waals surface area contributed by atoms with Gasteiger partial charge in [0.1, 0.15) is 47.0 Å². The zero-order chi connectivity index (χ0) is 36.8. The molecule has 2 N–H and O–H groups in total. The molecule has 0 spiro atoms. The van der Waals surface area contributed by atoms with E-state index in [0.29, 0.717) is 35.9 Å². The number of ether oxygens (including phenoxy) is 4. The van der Waals surface area contributed by atoms with Gasteiger partial charge in [-0.2, -0.15) is 4.79 Å². The van der Waals surface area contributed by atoms with Gasteiger partial charge in [-0.15, -0.1) is 0 Å². The molecule has 15 heteroatoms. The third-order valence-corrected chi connectivity index (χ3v) is 10.4. The maximum Gasteiger partial charge on any atom is 0.408 e. The van der Waals surface area contributed by atoms with Crippen molar-refractivity contribution in [1.29, 1.82) is 0 Å². The summed E-state index contributed by atoms with van der Waals surface area (Å²) < 4.78 is 22.6. The van der Waals surface area contributed by atoms with Gasteiger partial charge >= 0.3 is 18.3 Å². The number of carbonyl (C=O) groups is 5. The van der Waals surface area contributed by atoms with Gasteiger partial charge in [0.2, 0.25) is 11.8 Å². The van der Waals surface area contributed by atoms with Crippen LogP contribution in [0, 0.1) is 5.92 Å². The fraction of sp³-hybridized carbons (Fsp3) is 0.541. The van der Waals surface area contributed by atoms with Crippen LogP contribution in [-0.2, 0) is 23.9 Å². The summed E-state index contributed by atoms with van der Waals surface area (Å²) in [5, 5.41) is 6.24. The third-order valence-electron chi connectivity index (χ3n) is 10.4. The lowest BCUT2D eigenvalue weighted by molar-refractivity contribution is -0.148. The third kappa shape index (κ3) is 7.94. The highest BCUT2D eigenvalue weighted by Gasteiger charge is 2.62. The normalized spacial score (nSPS) is 26.5. The van der Waals surface area contributed by atoms with E-state index in [1.165, 1.54) is 25.2 Å². The van der Waals surface area contributed by atoms with E-state index in [1.54, 1.807) is 18.2 Å². The summed E-state index contributed by atoms with van der Waals surface area (Å²) >= 11 is 0. The van der Waals surface area contributed by atoms with E-state index in [4.69, 9.17) is 24.5 Å². The number of esters is 1. The molecular formula is C37H44N6O9. The number of hydrogen-bond acceptors (Lipinski definition) is 10. The quantitative estimate of drug-likeness (QED) is 0.101. The van der Waals surface area contributed by atoms with Crippen LogP contribution in [0.4, 0.5) is 4.79 Å². The summed E-state index contributed by atoms with van der Waals surface area (Å²) in [6, 6.07) is 4.42. The predicted molar refractivity (Wildman–Crippen MR) is 186 cm³/mol. The van der Waals surface area contributed by atoms with Gasteiger partial charge in [0, 0.05) is 29.9 Å². The van der Waals surface area contributed by atoms with Gasteiger partial charge in [0.15, 0.2) is 0 Å². The number of hydrogen-bond donors (Lipinski definition) is 2. The molecule has 3 amide bonds. The van der Waals surface area contributed by atoms with Gasteiger partial charge in [0.05, 0.1) is 26.3 Å². The molecule has 2 saturated carbocycles. The van der Waals surface area contributed by atoms with Gasteiger partial charge in [-0.3, -0.25) is 14.4 Å². The first-order valence-corrected chi connectivity index (χ1v) is 17.9.